The van der Waals surface area contributed by atoms with Crippen molar-refractivity contribution in [2.45, 2.75) is 32.4 Å². The van der Waals surface area contributed by atoms with Crippen LogP contribution in [-0.2, 0) is 11.2 Å². The average molecular weight is 372 g/mol. The van der Waals surface area contributed by atoms with Gasteiger partial charge in [0, 0.05) is 31.1 Å². The van der Waals surface area contributed by atoms with Gasteiger partial charge in [-0.2, -0.15) is 13.2 Å². The van der Waals surface area contributed by atoms with E-state index in [2.05, 4.69) is 23.0 Å². The van der Waals surface area contributed by atoms with Crippen molar-refractivity contribution in [3.05, 3.63) is 17.3 Å². The molecule has 0 spiro atoms. The molecule has 0 saturated carbocycles. The van der Waals surface area contributed by atoms with Crippen molar-refractivity contribution in [1.82, 2.24) is 14.9 Å². The summed E-state index contributed by atoms with van der Waals surface area (Å²) in [5.74, 6) is -0.0627. The predicted molar refractivity (Wildman–Crippen MR) is 90.9 cm³/mol. The van der Waals surface area contributed by atoms with Crippen molar-refractivity contribution in [1.29, 1.82) is 0 Å². The number of hydrogen-bond donors (Lipinski definition) is 0. The van der Waals surface area contributed by atoms with Gasteiger partial charge < -0.3 is 9.80 Å². The van der Waals surface area contributed by atoms with Gasteiger partial charge in [-0.1, -0.05) is 13.3 Å². The summed E-state index contributed by atoms with van der Waals surface area (Å²) >= 11 is 1.64. The number of aryl methyl sites for hydroxylation is 1. The molecule has 0 aromatic carbocycles. The second-order valence-corrected chi connectivity index (χ2v) is 7.15. The van der Waals surface area contributed by atoms with Crippen molar-refractivity contribution in [2.75, 3.05) is 31.1 Å². The fourth-order valence-electron chi connectivity index (χ4n) is 2.97. The van der Waals surface area contributed by atoms with Gasteiger partial charge in [-0.15, -0.1) is 11.3 Å². The van der Waals surface area contributed by atoms with Gasteiger partial charge in [0.15, 0.2) is 0 Å². The first-order valence-corrected chi connectivity index (χ1v) is 9.02. The van der Waals surface area contributed by atoms with E-state index in [0.29, 0.717) is 13.1 Å². The Balaban J connectivity index is 1.71. The number of hydrogen-bond acceptors (Lipinski definition) is 5. The molecule has 25 heavy (non-hydrogen) atoms. The second kappa shape index (κ2) is 7.15. The Hall–Kier alpha value is -1.90. The number of halogens is 3. The van der Waals surface area contributed by atoms with E-state index < -0.39 is 18.5 Å². The molecule has 1 fully saturated rings. The number of nitrogens with zero attached hydrogens (tertiary/aromatic N) is 4. The summed E-state index contributed by atoms with van der Waals surface area (Å²) in [5.41, 5.74) is 0. The highest BCUT2D eigenvalue weighted by atomic mass is 32.1. The third-order valence-electron chi connectivity index (χ3n) is 4.14. The van der Waals surface area contributed by atoms with Crippen molar-refractivity contribution < 1.29 is 18.0 Å². The van der Waals surface area contributed by atoms with Gasteiger partial charge in [0.05, 0.1) is 5.39 Å². The van der Waals surface area contributed by atoms with Gasteiger partial charge in [-0.25, -0.2) is 9.97 Å². The van der Waals surface area contributed by atoms with Crippen LogP contribution in [0.1, 0.15) is 24.6 Å². The number of anilines is 1. The summed E-state index contributed by atoms with van der Waals surface area (Å²) < 4.78 is 37.1. The number of alkyl halides is 3. The van der Waals surface area contributed by atoms with E-state index in [9.17, 15) is 18.0 Å². The van der Waals surface area contributed by atoms with Crippen LogP contribution in [0, 0.1) is 0 Å². The van der Waals surface area contributed by atoms with Crippen molar-refractivity contribution in [2.24, 2.45) is 0 Å². The van der Waals surface area contributed by atoms with Crippen LogP contribution in [0.4, 0.5) is 19.0 Å². The molecule has 0 aliphatic carbocycles. The standard InChI is InChI=1S/C16H19F3N4OS/c1-2-3-11-8-12-14(20-10-21-15(12)25-11)23-6-4-22(5-7-23)13(24)9-16(17,18)19/h8,10H,2-7,9H2,1H3. The zero-order valence-corrected chi connectivity index (χ0v) is 14.7. The molecule has 1 aliphatic rings. The van der Waals surface area contributed by atoms with E-state index in [1.807, 2.05) is 4.90 Å². The minimum Gasteiger partial charge on any atom is -0.352 e. The van der Waals surface area contributed by atoms with Gasteiger partial charge >= 0.3 is 6.18 Å². The first kappa shape index (κ1) is 17.9. The molecule has 1 aliphatic heterocycles. The molecule has 9 heteroatoms. The molecular formula is C16H19F3N4OS. The number of amides is 1. The summed E-state index contributed by atoms with van der Waals surface area (Å²) in [6.07, 6.45) is -2.30. The van der Waals surface area contributed by atoms with Crippen LogP contribution < -0.4 is 4.90 Å². The fourth-order valence-corrected chi connectivity index (χ4v) is 4.06. The molecule has 1 amide bonds. The monoisotopic (exact) mass is 372 g/mol. The average Bonchev–Trinajstić information content (AvgIpc) is 2.96. The van der Waals surface area contributed by atoms with Gasteiger partial charge in [0.25, 0.3) is 0 Å². The van der Waals surface area contributed by atoms with E-state index >= 15 is 0 Å². The summed E-state index contributed by atoms with van der Waals surface area (Å²) in [5, 5.41) is 0.978. The number of rotatable bonds is 4. The lowest BCUT2D eigenvalue weighted by Gasteiger charge is -2.35. The van der Waals surface area contributed by atoms with Crippen LogP contribution in [0.3, 0.4) is 0 Å². The molecule has 5 nitrogen and oxygen atoms in total. The number of aromatic nitrogens is 2. The van der Waals surface area contributed by atoms with Gasteiger partial charge in [0.1, 0.15) is 23.4 Å². The SMILES string of the molecule is CCCc1cc2c(N3CCN(C(=O)CC(F)(F)F)CC3)ncnc2s1. The first-order valence-electron chi connectivity index (χ1n) is 8.20. The molecule has 0 bridgehead atoms. The Labute approximate surface area is 147 Å². The van der Waals surface area contributed by atoms with Gasteiger partial charge in [-0.05, 0) is 12.5 Å². The van der Waals surface area contributed by atoms with Gasteiger partial charge in [0.2, 0.25) is 5.91 Å². The molecule has 0 radical (unpaired) electrons. The maximum Gasteiger partial charge on any atom is 0.397 e. The Morgan fingerprint density at radius 2 is 1.96 bits per heavy atom. The molecule has 2 aromatic rings. The lowest BCUT2D eigenvalue weighted by atomic mass is 10.2. The highest BCUT2D eigenvalue weighted by molar-refractivity contribution is 7.18. The molecule has 3 heterocycles. The molecular weight excluding hydrogens is 353 g/mol. The Morgan fingerprint density at radius 1 is 1.24 bits per heavy atom. The Morgan fingerprint density at radius 3 is 2.60 bits per heavy atom. The van der Waals surface area contributed by atoms with Crippen LogP contribution in [0.25, 0.3) is 10.2 Å². The van der Waals surface area contributed by atoms with E-state index in [4.69, 9.17) is 0 Å². The van der Waals surface area contributed by atoms with Crippen molar-refractivity contribution in [3.63, 3.8) is 0 Å². The zero-order chi connectivity index (χ0) is 18.0. The predicted octanol–water partition coefficient (Wildman–Crippen LogP) is 3.24. The molecule has 0 atom stereocenters. The zero-order valence-electron chi connectivity index (χ0n) is 13.8. The largest absolute Gasteiger partial charge is 0.397 e. The molecule has 0 unspecified atom stereocenters. The number of fused-ring (bicyclic) bond motifs is 1. The van der Waals surface area contributed by atoms with E-state index in [1.54, 1.807) is 11.3 Å². The molecule has 136 valence electrons. The van der Waals surface area contributed by atoms with Crippen LogP contribution >= 0.6 is 11.3 Å². The third kappa shape index (κ3) is 4.20. The van der Waals surface area contributed by atoms with Gasteiger partial charge in [-0.3, -0.25) is 4.79 Å². The quantitative estimate of drug-likeness (QED) is 0.827. The smallest absolute Gasteiger partial charge is 0.352 e. The molecule has 3 rings (SSSR count). The second-order valence-electron chi connectivity index (χ2n) is 6.04. The Bertz CT molecular complexity index is 753. The third-order valence-corrected chi connectivity index (χ3v) is 5.24. The summed E-state index contributed by atoms with van der Waals surface area (Å²) in [6, 6.07) is 2.10. The lowest BCUT2D eigenvalue weighted by Crippen LogP contribution is -2.49. The number of carbonyl (C=O) groups excluding carboxylic acids is 1. The summed E-state index contributed by atoms with van der Waals surface area (Å²) in [6.45, 7) is 3.59. The van der Waals surface area contributed by atoms with E-state index in [-0.39, 0.29) is 13.1 Å². The van der Waals surface area contributed by atoms with Crippen LogP contribution in [0.15, 0.2) is 12.4 Å². The Kier molecular flexibility index (Phi) is 5.12. The minimum absolute atomic E-state index is 0.270. The van der Waals surface area contributed by atoms with Crippen molar-refractivity contribution in [3.8, 4) is 0 Å². The van der Waals surface area contributed by atoms with Crippen LogP contribution in [-0.4, -0.2) is 53.1 Å². The molecule has 0 N–H and O–H groups in total. The number of carbonyl (C=O) groups is 1. The highest BCUT2D eigenvalue weighted by Gasteiger charge is 2.34. The topological polar surface area (TPSA) is 49.3 Å². The fraction of sp³-hybridized carbons (Fsp3) is 0.562. The molecule has 1 saturated heterocycles. The lowest BCUT2D eigenvalue weighted by molar-refractivity contribution is -0.161. The molecule has 2 aromatic heterocycles. The van der Waals surface area contributed by atoms with Crippen LogP contribution in [0.5, 0.6) is 0 Å². The number of thiophene rings is 1. The van der Waals surface area contributed by atoms with Crippen molar-refractivity contribution >= 4 is 33.3 Å². The summed E-state index contributed by atoms with van der Waals surface area (Å²) in [7, 11) is 0. The van der Waals surface area contributed by atoms with Crippen LogP contribution in [0.2, 0.25) is 0 Å². The summed E-state index contributed by atoms with van der Waals surface area (Å²) in [4.78, 5) is 25.9. The first-order chi connectivity index (χ1) is 11.9. The normalized spacial score (nSPS) is 15.8. The van der Waals surface area contributed by atoms with E-state index in [1.165, 1.54) is 16.1 Å². The van der Waals surface area contributed by atoms with E-state index in [0.717, 1.165) is 28.9 Å². The number of piperazine rings is 1. The maximum atomic E-state index is 12.4. The maximum absolute atomic E-state index is 12.4. The highest BCUT2D eigenvalue weighted by Crippen LogP contribution is 2.31. The minimum atomic E-state index is -4.46.